The highest BCUT2D eigenvalue weighted by Crippen LogP contribution is 2.27. The largest absolute Gasteiger partial charge is 0.477 e. The minimum atomic E-state index is -1.22. The van der Waals surface area contributed by atoms with Crippen LogP contribution >= 0.6 is 23.2 Å². The van der Waals surface area contributed by atoms with Crippen molar-refractivity contribution in [2.75, 3.05) is 5.32 Å². The molecule has 19 heavy (non-hydrogen) atoms. The molecule has 7 heteroatoms. The van der Waals surface area contributed by atoms with Crippen molar-refractivity contribution in [2.45, 2.75) is 6.92 Å². The molecular weight excluding hydrogens is 289 g/mol. The summed E-state index contributed by atoms with van der Waals surface area (Å²) in [7, 11) is 0. The van der Waals surface area contributed by atoms with E-state index in [1.54, 1.807) is 6.07 Å². The summed E-state index contributed by atoms with van der Waals surface area (Å²) in [5, 5.41) is 11.7. The highest BCUT2D eigenvalue weighted by molar-refractivity contribution is 6.34. The molecule has 2 rings (SSSR count). The quantitative estimate of drug-likeness (QED) is 0.669. The van der Waals surface area contributed by atoms with Crippen LogP contribution in [0.4, 0.5) is 11.5 Å². The maximum absolute atomic E-state index is 11.2. The maximum Gasteiger partial charge on any atom is 0.342 e. The molecule has 0 unspecified atom stereocenters. The second-order valence-corrected chi connectivity index (χ2v) is 4.45. The van der Waals surface area contributed by atoms with E-state index in [-0.39, 0.29) is 21.8 Å². The van der Waals surface area contributed by atoms with Crippen LogP contribution in [0.3, 0.4) is 0 Å². The van der Waals surface area contributed by atoms with E-state index < -0.39 is 5.97 Å². The number of halogens is 2. The molecule has 98 valence electrons. The first kappa shape index (κ1) is 13.6. The Labute approximate surface area is 119 Å². The summed E-state index contributed by atoms with van der Waals surface area (Å²) in [6, 6.07) is 7.37. The van der Waals surface area contributed by atoms with E-state index in [4.69, 9.17) is 28.3 Å². The Morgan fingerprint density at radius 2 is 1.95 bits per heavy atom. The number of nitrogens with zero attached hydrogens (tertiary/aromatic N) is 2. The molecule has 0 aliphatic rings. The van der Waals surface area contributed by atoms with E-state index in [1.807, 2.05) is 25.1 Å². The molecule has 0 atom stereocenters. The van der Waals surface area contributed by atoms with Gasteiger partial charge >= 0.3 is 5.97 Å². The van der Waals surface area contributed by atoms with Crippen molar-refractivity contribution in [3.8, 4) is 0 Å². The van der Waals surface area contributed by atoms with Crippen molar-refractivity contribution in [3.63, 3.8) is 0 Å². The van der Waals surface area contributed by atoms with Gasteiger partial charge in [0.15, 0.2) is 11.0 Å². The minimum Gasteiger partial charge on any atom is -0.477 e. The van der Waals surface area contributed by atoms with Gasteiger partial charge in [0, 0.05) is 5.69 Å². The average molecular weight is 298 g/mol. The number of aryl methyl sites for hydroxylation is 1. The molecule has 5 nitrogen and oxygen atoms in total. The summed E-state index contributed by atoms with van der Waals surface area (Å²) >= 11 is 11.5. The SMILES string of the molecule is Cc1ccccc1Nc1nc(Cl)nc(Cl)c1C(=O)O. The van der Waals surface area contributed by atoms with E-state index in [0.717, 1.165) is 11.3 Å². The van der Waals surface area contributed by atoms with Crippen LogP contribution in [0.15, 0.2) is 24.3 Å². The lowest BCUT2D eigenvalue weighted by molar-refractivity contribution is 0.0697. The van der Waals surface area contributed by atoms with Crippen molar-refractivity contribution in [2.24, 2.45) is 0 Å². The average Bonchev–Trinajstić information content (AvgIpc) is 2.30. The number of hydrogen-bond donors (Lipinski definition) is 2. The number of carboxylic acids is 1. The summed E-state index contributed by atoms with van der Waals surface area (Å²) in [6.07, 6.45) is 0. The third-order valence-corrected chi connectivity index (χ3v) is 2.89. The van der Waals surface area contributed by atoms with Gasteiger partial charge in [-0.05, 0) is 30.2 Å². The van der Waals surface area contributed by atoms with Crippen molar-refractivity contribution < 1.29 is 9.90 Å². The topological polar surface area (TPSA) is 75.1 Å². The van der Waals surface area contributed by atoms with Gasteiger partial charge in [0.2, 0.25) is 5.28 Å². The first-order valence-electron chi connectivity index (χ1n) is 5.28. The Kier molecular flexibility index (Phi) is 3.87. The van der Waals surface area contributed by atoms with Crippen LogP contribution in [0.25, 0.3) is 0 Å². The van der Waals surface area contributed by atoms with Crippen LogP contribution in [0.2, 0.25) is 10.4 Å². The number of hydrogen-bond acceptors (Lipinski definition) is 4. The minimum absolute atomic E-state index is 0.0619. The van der Waals surface area contributed by atoms with E-state index in [9.17, 15) is 4.79 Å². The van der Waals surface area contributed by atoms with Crippen molar-refractivity contribution in [1.29, 1.82) is 0 Å². The molecule has 2 N–H and O–H groups in total. The van der Waals surface area contributed by atoms with Crippen molar-refractivity contribution in [3.05, 3.63) is 45.8 Å². The highest BCUT2D eigenvalue weighted by atomic mass is 35.5. The lowest BCUT2D eigenvalue weighted by Crippen LogP contribution is -2.08. The molecule has 0 aliphatic heterocycles. The number of anilines is 2. The van der Waals surface area contributed by atoms with Crippen LogP contribution in [-0.2, 0) is 0 Å². The first-order valence-corrected chi connectivity index (χ1v) is 6.03. The summed E-state index contributed by atoms with van der Waals surface area (Å²) in [6.45, 7) is 1.88. The number of nitrogens with one attached hydrogen (secondary N) is 1. The zero-order valence-corrected chi connectivity index (χ0v) is 11.3. The number of para-hydroxylation sites is 1. The monoisotopic (exact) mass is 297 g/mol. The van der Waals surface area contributed by atoms with E-state index in [0.29, 0.717) is 0 Å². The second kappa shape index (κ2) is 5.42. The van der Waals surface area contributed by atoms with Gasteiger partial charge in [-0.25, -0.2) is 9.78 Å². The van der Waals surface area contributed by atoms with Crippen molar-refractivity contribution >= 4 is 40.7 Å². The van der Waals surface area contributed by atoms with Gasteiger partial charge in [-0.2, -0.15) is 4.98 Å². The molecule has 0 bridgehead atoms. The van der Waals surface area contributed by atoms with Gasteiger partial charge in [-0.1, -0.05) is 29.8 Å². The van der Waals surface area contributed by atoms with E-state index in [2.05, 4.69) is 15.3 Å². The smallest absolute Gasteiger partial charge is 0.342 e. The zero-order valence-electron chi connectivity index (χ0n) is 9.82. The number of benzene rings is 1. The van der Waals surface area contributed by atoms with E-state index in [1.165, 1.54) is 0 Å². The van der Waals surface area contributed by atoms with Gasteiger partial charge < -0.3 is 10.4 Å². The van der Waals surface area contributed by atoms with Crippen molar-refractivity contribution in [1.82, 2.24) is 9.97 Å². The fraction of sp³-hybridized carbons (Fsp3) is 0.0833. The Hall–Kier alpha value is -1.85. The molecule has 1 heterocycles. The van der Waals surface area contributed by atoms with E-state index >= 15 is 0 Å². The van der Waals surface area contributed by atoms with Gasteiger partial charge in [0.25, 0.3) is 0 Å². The van der Waals surface area contributed by atoms with Crippen LogP contribution in [-0.4, -0.2) is 21.0 Å². The normalized spacial score (nSPS) is 10.3. The van der Waals surface area contributed by atoms with Gasteiger partial charge in [-0.3, -0.25) is 0 Å². The Bertz CT molecular complexity index is 647. The van der Waals surface area contributed by atoms with Crippen LogP contribution in [0.5, 0.6) is 0 Å². The molecule has 0 saturated heterocycles. The maximum atomic E-state index is 11.2. The van der Waals surface area contributed by atoms with Crippen LogP contribution in [0.1, 0.15) is 15.9 Å². The third kappa shape index (κ3) is 2.94. The summed E-state index contributed by atoms with van der Waals surface area (Å²) in [4.78, 5) is 18.7. The molecule has 0 amide bonds. The molecule has 0 saturated carbocycles. The third-order valence-electron chi connectivity index (χ3n) is 2.45. The Morgan fingerprint density at radius 3 is 2.58 bits per heavy atom. The Morgan fingerprint density at radius 1 is 1.26 bits per heavy atom. The number of aromatic nitrogens is 2. The number of aromatic carboxylic acids is 1. The fourth-order valence-electron chi connectivity index (χ4n) is 1.53. The molecular formula is C12H9Cl2N3O2. The molecule has 0 spiro atoms. The lowest BCUT2D eigenvalue weighted by Gasteiger charge is -2.11. The fourth-order valence-corrected chi connectivity index (χ4v) is 1.99. The van der Waals surface area contributed by atoms with Gasteiger partial charge in [0.1, 0.15) is 5.56 Å². The highest BCUT2D eigenvalue weighted by Gasteiger charge is 2.19. The zero-order chi connectivity index (χ0) is 14.0. The predicted molar refractivity (Wildman–Crippen MR) is 73.5 cm³/mol. The van der Waals surface area contributed by atoms with Gasteiger partial charge in [-0.15, -0.1) is 0 Å². The number of carbonyl (C=O) groups is 1. The van der Waals surface area contributed by atoms with Gasteiger partial charge in [0.05, 0.1) is 0 Å². The number of carboxylic acid groups (broad SMARTS) is 1. The first-order chi connectivity index (χ1) is 8.99. The molecule has 0 fully saturated rings. The molecule has 0 aliphatic carbocycles. The lowest BCUT2D eigenvalue weighted by atomic mass is 10.2. The molecule has 0 radical (unpaired) electrons. The van der Waals surface area contributed by atoms with Crippen LogP contribution in [0, 0.1) is 6.92 Å². The Balaban J connectivity index is 2.51. The summed E-state index contributed by atoms with van der Waals surface area (Å²) in [5.74, 6) is -1.16. The standard InChI is InChI=1S/C12H9Cl2N3O2/c1-6-4-2-3-5-7(6)15-10-8(11(18)19)9(13)16-12(14)17-10/h2-5H,1H3,(H,18,19)(H,15,16,17). The molecule has 1 aromatic heterocycles. The molecule has 1 aromatic carbocycles. The summed E-state index contributed by atoms with van der Waals surface area (Å²) < 4.78 is 0. The second-order valence-electron chi connectivity index (χ2n) is 3.75. The van der Waals surface area contributed by atoms with Crippen LogP contribution < -0.4 is 5.32 Å². The summed E-state index contributed by atoms with van der Waals surface area (Å²) in [5.41, 5.74) is 1.44. The predicted octanol–water partition coefficient (Wildman–Crippen LogP) is 3.53. The number of rotatable bonds is 3. The molecule has 2 aromatic rings.